The first-order valence-electron chi connectivity index (χ1n) is 6.86. The summed E-state index contributed by atoms with van der Waals surface area (Å²) in [5, 5.41) is 3.25. The van der Waals surface area contributed by atoms with E-state index in [1.807, 2.05) is 13.0 Å². The van der Waals surface area contributed by atoms with Gasteiger partial charge in [0.05, 0.1) is 10.6 Å². The Kier molecular flexibility index (Phi) is 3.55. The van der Waals surface area contributed by atoms with Crippen molar-refractivity contribution < 1.29 is 8.42 Å². The largest absolute Gasteiger partial charge is 0.385 e. The van der Waals surface area contributed by atoms with Gasteiger partial charge in [-0.1, -0.05) is 6.07 Å². The Morgan fingerprint density at radius 2 is 2.14 bits per heavy atom. The van der Waals surface area contributed by atoms with Gasteiger partial charge < -0.3 is 5.32 Å². The van der Waals surface area contributed by atoms with E-state index in [0.717, 1.165) is 30.6 Å². The summed E-state index contributed by atoms with van der Waals surface area (Å²) in [6.45, 7) is 2.70. The van der Waals surface area contributed by atoms with Crippen molar-refractivity contribution in [2.24, 2.45) is 0 Å². The summed E-state index contributed by atoms with van der Waals surface area (Å²) in [5.74, 6) is 0. The van der Waals surface area contributed by atoms with Crippen molar-refractivity contribution in [1.29, 1.82) is 0 Å². The molecule has 0 saturated carbocycles. The number of rotatable bonds is 3. The Morgan fingerprint density at radius 1 is 1.29 bits per heavy atom. The third-order valence-corrected chi connectivity index (χ3v) is 4.96. The molecule has 1 aliphatic rings. The quantitative estimate of drug-likeness (QED) is 0.914. The molecule has 2 aromatic rings. The Bertz CT molecular complexity index is 772. The lowest BCUT2D eigenvalue weighted by Gasteiger charge is -2.19. The van der Waals surface area contributed by atoms with E-state index in [2.05, 4.69) is 15.0 Å². The van der Waals surface area contributed by atoms with Crippen LogP contribution in [-0.4, -0.2) is 19.9 Å². The third-order valence-electron chi connectivity index (χ3n) is 3.59. The van der Waals surface area contributed by atoms with Crippen LogP contribution < -0.4 is 10.0 Å². The number of hydrogen-bond acceptors (Lipinski definition) is 4. The molecule has 3 rings (SSSR count). The molecule has 2 N–H and O–H groups in total. The van der Waals surface area contributed by atoms with Gasteiger partial charge in [0.15, 0.2) is 0 Å². The molecule has 0 spiro atoms. The first kappa shape index (κ1) is 13.9. The summed E-state index contributed by atoms with van der Waals surface area (Å²) in [5.41, 5.74) is 3.42. The standard InChI is InChI=1S/C15H17N3O2S/c1-11-10-16-8-6-14(11)18-21(19,20)13-5-4-12-3-2-7-17-15(12)9-13/h4-6,8-10,17H,2-3,7H2,1H3,(H,16,18). The van der Waals surface area contributed by atoms with Gasteiger partial charge >= 0.3 is 0 Å². The molecule has 0 aliphatic carbocycles. The van der Waals surface area contributed by atoms with Crippen LogP contribution in [0, 0.1) is 6.92 Å². The minimum absolute atomic E-state index is 0.270. The number of fused-ring (bicyclic) bond motifs is 1. The molecule has 0 bridgehead atoms. The molecule has 0 saturated heterocycles. The van der Waals surface area contributed by atoms with Gasteiger partial charge in [-0.2, -0.15) is 0 Å². The number of nitrogens with one attached hydrogen (secondary N) is 2. The second kappa shape index (κ2) is 5.37. The number of benzene rings is 1. The predicted octanol–water partition coefficient (Wildman–Crippen LogP) is 2.55. The average Bonchev–Trinajstić information content (AvgIpc) is 2.49. The summed E-state index contributed by atoms with van der Waals surface area (Å²) < 4.78 is 27.6. The van der Waals surface area contributed by atoms with Crippen molar-refractivity contribution in [2.75, 3.05) is 16.6 Å². The van der Waals surface area contributed by atoms with Crippen LogP contribution in [0.3, 0.4) is 0 Å². The molecule has 1 aliphatic heterocycles. The maximum atomic E-state index is 12.5. The molecule has 21 heavy (non-hydrogen) atoms. The van der Waals surface area contributed by atoms with Gasteiger partial charge in [0.2, 0.25) is 0 Å². The molecule has 6 heteroatoms. The van der Waals surface area contributed by atoms with Crippen LogP contribution in [0.4, 0.5) is 11.4 Å². The number of aromatic nitrogens is 1. The maximum absolute atomic E-state index is 12.5. The van der Waals surface area contributed by atoms with Crippen LogP contribution in [0.5, 0.6) is 0 Å². The number of anilines is 2. The maximum Gasteiger partial charge on any atom is 0.261 e. The van der Waals surface area contributed by atoms with Crippen molar-refractivity contribution in [2.45, 2.75) is 24.7 Å². The van der Waals surface area contributed by atoms with E-state index in [0.29, 0.717) is 5.69 Å². The molecule has 0 amide bonds. The number of sulfonamides is 1. The third kappa shape index (κ3) is 2.85. The summed E-state index contributed by atoms with van der Waals surface area (Å²) in [6.07, 6.45) is 5.26. The van der Waals surface area contributed by atoms with Gasteiger partial charge in [-0.25, -0.2) is 8.42 Å². The molecule has 0 radical (unpaired) electrons. The zero-order chi connectivity index (χ0) is 14.9. The van der Waals surface area contributed by atoms with Gasteiger partial charge in [0, 0.05) is 24.6 Å². The highest BCUT2D eigenvalue weighted by atomic mass is 32.2. The minimum Gasteiger partial charge on any atom is -0.385 e. The Morgan fingerprint density at radius 3 is 2.95 bits per heavy atom. The Labute approximate surface area is 124 Å². The molecular formula is C15H17N3O2S. The Balaban J connectivity index is 1.93. The number of aryl methyl sites for hydroxylation is 2. The number of pyridine rings is 1. The molecule has 1 aromatic heterocycles. The summed E-state index contributed by atoms with van der Waals surface area (Å²) in [4.78, 5) is 4.23. The monoisotopic (exact) mass is 303 g/mol. The number of nitrogens with zero attached hydrogens (tertiary/aromatic N) is 1. The normalized spacial score (nSPS) is 14.1. The number of hydrogen-bond donors (Lipinski definition) is 2. The van der Waals surface area contributed by atoms with E-state index in [1.165, 1.54) is 5.56 Å². The molecule has 110 valence electrons. The zero-order valence-corrected chi connectivity index (χ0v) is 12.6. The average molecular weight is 303 g/mol. The SMILES string of the molecule is Cc1cnccc1NS(=O)(=O)c1ccc2c(c1)NCCC2. The lowest BCUT2D eigenvalue weighted by Crippen LogP contribution is -2.16. The van der Waals surface area contributed by atoms with Gasteiger partial charge in [0.1, 0.15) is 0 Å². The van der Waals surface area contributed by atoms with E-state index in [1.54, 1.807) is 30.6 Å². The molecule has 1 aromatic carbocycles. The molecule has 2 heterocycles. The topological polar surface area (TPSA) is 71.1 Å². The first-order chi connectivity index (χ1) is 10.1. The van der Waals surface area contributed by atoms with Gasteiger partial charge in [-0.15, -0.1) is 0 Å². The van der Waals surface area contributed by atoms with Crippen molar-refractivity contribution in [3.8, 4) is 0 Å². The molecule has 0 fully saturated rings. The van der Waals surface area contributed by atoms with E-state index >= 15 is 0 Å². The van der Waals surface area contributed by atoms with Crippen LogP contribution in [0.2, 0.25) is 0 Å². The molecule has 0 atom stereocenters. The van der Waals surface area contributed by atoms with Crippen molar-refractivity contribution in [3.05, 3.63) is 47.8 Å². The smallest absolute Gasteiger partial charge is 0.261 e. The van der Waals surface area contributed by atoms with Gasteiger partial charge in [0.25, 0.3) is 10.0 Å². The predicted molar refractivity (Wildman–Crippen MR) is 83.0 cm³/mol. The van der Waals surface area contributed by atoms with E-state index in [4.69, 9.17) is 0 Å². The lowest BCUT2D eigenvalue weighted by molar-refractivity contribution is 0.601. The van der Waals surface area contributed by atoms with E-state index in [9.17, 15) is 8.42 Å². The van der Waals surface area contributed by atoms with Crippen molar-refractivity contribution in [1.82, 2.24) is 4.98 Å². The summed E-state index contributed by atoms with van der Waals surface area (Å²) in [6, 6.07) is 6.90. The fraction of sp³-hybridized carbons (Fsp3) is 0.267. The van der Waals surface area contributed by atoms with Crippen LogP contribution in [0.15, 0.2) is 41.6 Å². The second-order valence-corrected chi connectivity index (χ2v) is 6.83. The fourth-order valence-electron chi connectivity index (χ4n) is 2.40. The summed E-state index contributed by atoms with van der Waals surface area (Å²) in [7, 11) is -3.59. The first-order valence-corrected chi connectivity index (χ1v) is 8.35. The van der Waals surface area contributed by atoms with Crippen molar-refractivity contribution >= 4 is 21.4 Å². The van der Waals surface area contributed by atoms with Crippen LogP contribution in [0.25, 0.3) is 0 Å². The molecule has 0 unspecified atom stereocenters. The van der Waals surface area contributed by atoms with Crippen LogP contribution in [0.1, 0.15) is 17.5 Å². The highest BCUT2D eigenvalue weighted by Crippen LogP contribution is 2.26. The van der Waals surface area contributed by atoms with Gasteiger partial charge in [-0.05, 0) is 49.1 Å². The molecular weight excluding hydrogens is 286 g/mol. The van der Waals surface area contributed by atoms with Crippen LogP contribution >= 0.6 is 0 Å². The van der Waals surface area contributed by atoms with E-state index < -0.39 is 10.0 Å². The van der Waals surface area contributed by atoms with Gasteiger partial charge in [-0.3, -0.25) is 9.71 Å². The second-order valence-electron chi connectivity index (χ2n) is 5.15. The van der Waals surface area contributed by atoms with E-state index in [-0.39, 0.29) is 4.90 Å². The lowest BCUT2D eigenvalue weighted by atomic mass is 10.0. The highest BCUT2D eigenvalue weighted by Gasteiger charge is 2.18. The zero-order valence-electron chi connectivity index (χ0n) is 11.8. The molecule has 5 nitrogen and oxygen atoms in total. The highest BCUT2D eigenvalue weighted by molar-refractivity contribution is 7.92. The van der Waals surface area contributed by atoms with Crippen LogP contribution in [-0.2, 0) is 16.4 Å². The van der Waals surface area contributed by atoms with Crippen molar-refractivity contribution in [3.63, 3.8) is 0 Å². The summed E-state index contributed by atoms with van der Waals surface area (Å²) >= 11 is 0. The Hall–Kier alpha value is -2.08. The minimum atomic E-state index is -3.59. The fourth-order valence-corrected chi connectivity index (χ4v) is 3.56.